The minimum Gasteiger partial charge on any atom is -0.496 e. The van der Waals surface area contributed by atoms with Gasteiger partial charge in [0.1, 0.15) is 5.75 Å². The molecule has 0 aliphatic carbocycles. The van der Waals surface area contributed by atoms with Crippen LogP contribution in [0.3, 0.4) is 0 Å². The van der Waals surface area contributed by atoms with Crippen molar-refractivity contribution < 1.29 is 4.74 Å². The Morgan fingerprint density at radius 1 is 1.19 bits per heavy atom. The van der Waals surface area contributed by atoms with Crippen molar-refractivity contribution in [2.24, 2.45) is 7.05 Å². The van der Waals surface area contributed by atoms with E-state index < -0.39 is 0 Å². The number of aryl methyl sites for hydroxylation is 2. The molecule has 0 radical (unpaired) electrons. The molecule has 0 atom stereocenters. The summed E-state index contributed by atoms with van der Waals surface area (Å²) in [5.74, 6) is 2.01. The van der Waals surface area contributed by atoms with Crippen LogP contribution in [0.1, 0.15) is 16.8 Å². The number of hydrogen-bond acceptors (Lipinski definition) is 6. The van der Waals surface area contributed by atoms with Crippen molar-refractivity contribution in [2.45, 2.75) is 24.8 Å². The highest BCUT2D eigenvalue weighted by atomic mass is 32.2. The number of ether oxygens (including phenoxy) is 1. The second-order valence-electron chi connectivity index (χ2n) is 6.33. The van der Waals surface area contributed by atoms with Crippen LogP contribution in [0.15, 0.2) is 40.4 Å². The SMILES string of the molecule is COc1c(C)cnc(CSc2nnc3n(C)c(=O)c4ccccc4n23)c1C. The maximum Gasteiger partial charge on any atom is 0.262 e. The molecule has 3 heterocycles. The fraction of sp³-hybridized carbons (Fsp3) is 0.263. The van der Waals surface area contributed by atoms with Crippen molar-refractivity contribution in [1.82, 2.24) is 24.1 Å². The first-order valence-electron chi connectivity index (χ1n) is 8.47. The molecule has 0 saturated carbocycles. The van der Waals surface area contributed by atoms with Gasteiger partial charge in [-0.2, -0.15) is 0 Å². The number of nitrogens with zero attached hydrogens (tertiary/aromatic N) is 5. The average Bonchev–Trinajstić information content (AvgIpc) is 3.10. The Kier molecular flexibility index (Phi) is 4.35. The fourth-order valence-corrected chi connectivity index (χ4v) is 4.22. The quantitative estimate of drug-likeness (QED) is 0.506. The molecule has 0 aliphatic rings. The summed E-state index contributed by atoms with van der Waals surface area (Å²) in [6.45, 7) is 3.99. The number of pyridine rings is 1. The second-order valence-corrected chi connectivity index (χ2v) is 7.28. The molecule has 0 fully saturated rings. The van der Waals surface area contributed by atoms with E-state index in [4.69, 9.17) is 4.74 Å². The highest BCUT2D eigenvalue weighted by molar-refractivity contribution is 7.98. The molecule has 0 unspecified atom stereocenters. The predicted octanol–water partition coefficient (Wildman–Crippen LogP) is 2.89. The molecule has 7 nitrogen and oxygen atoms in total. The van der Waals surface area contributed by atoms with Crippen LogP contribution in [-0.2, 0) is 12.8 Å². The van der Waals surface area contributed by atoms with Crippen molar-refractivity contribution in [3.8, 4) is 5.75 Å². The van der Waals surface area contributed by atoms with Gasteiger partial charge >= 0.3 is 0 Å². The minimum absolute atomic E-state index is 0.0807. The van der Waals surface area contributed by atoms with Crippen LogP contribution in [0.4, 0.5) is 0 Å². The van der Waals surface area contributed by atoms with Crippen molar-refractivity contribution in [3.63, 3.8) is 0 Å². The molecule has 0 amide bonds. The summed E-state index contributed by atoms with van der Waals surface area (Å²) < 4.78 is 8.93. The van der Waals surface area contributed by atoms with Crippen LogP contribution >= 0.6 is 11.8 Å². The maximum atomic E-state index is 12.5. The number of benzene rings is 1. The summed E-state index contributed by atoms with van der Waals surface area (Å²) in [5, 5.41) is 9.89. The molecule has 0 spiro atoms. The number of hydrogen-bond donors (Lipinski definition) is 0. The molecule has 27 heavy (non-hydrogen) atoms. The average molecular weight is 381 g/mol. The van der Waals surface area contributed by atoms with Crippen LogP contribution in [0.2, 0.25) is 0 Å². The standard InChI is InChI=1S/C19H19N5O2S/c1-11-9-20-14(12(2)16(11)26-4)10-27-19-22-21-18-23(3)17(25)13-7-5-6-8-15(13)24(18)19/h5-9H,10H2,1-4H3. The van der Waals surface area contributed by atoms with Gasteiger partial charge in [0, 0.05) is 30.1 Å². The number of thioether (sulfide) groups is 1. The van der Waals surface area contributed by atoms with Gasteiger partial charge in [-0.15, -0.1) is 10.2 Å². The third-order valence-corrected chi connectivity index (χ3v) is 5.62. The molecule has 4 aromatic rings. The second kappa shape index (κ2) is 6.70. The number of fused-ring (bicyclic) bond motifs is 3. The van der Waals surface area contributed by atoms with E-state index in [1.165, 1.54) is 16.3 Å². The zero-order valence-corrected chi connectivity index (χ0v) is 16.4. The molecule has 3 aromatic heterocycles. The minimum atomic E-state index is -0.0807. The van der Waals surface area contributed by atoms with E-state index >= 15 is 0 Å². The Balaban J connectivity index is 1.79. The molecule has 0 N–H and O–H groups in total. The van der Waals surface area contributed by atoms with Gasteiger partial charge in [0.2, 0.25) is 5.78 Å². The van der Waals surface area contributed by atoms with Gasteiger partial charge in [-0.25, -0.2) is 0 Å². The zero-order valence-electron chi connectivity index (χ0n) is 15.6. The van der Waals surface area contributed by atoms with E-state index in [-0.39, 0.29) is 5.56 Å². The van der Waals surface area contributed by atoms with Crippen LogP contribution in [0.5, 0.6) is 5.75 Å². The lowest BCUT2D eigenvalue weighted by Gasteiger charge is -2.12. The van der Waals surface area contributed by atoms with E-state index in [1.807, 2.05) is 48.7 Å². The van der Waals surface area contributed by atoms with Gasteiger partial charge in [-0.1, -0.05) is 23.9 Å². The first-order valence-corrected chi connectivity index (χ1v) is 9.46. The van der Waals surface area contributed by atoms with E-state index in [1.54, 1.807) is 14.2 Å². The van der Waals surface area contributed by atoms with E-state index in [0.29, 0.717) is 16.9 Å². The van der Waals surface area contributed by atoms with Crippen molar-refractivity contribution in [2.75, 3.05) is 7.11 Å². The lowest BCUT2D eigenvalue weighted by molar-refractivity contribution is 0.407. The van der Waals surface area contributed by atoms with Gasteiger partial charge in [-0.3, -0.25) is 18.7 Å². The first kappa shape index (κ1) is 17.5. The Bertz CT molecular complexity index is 1230. The van der Waals surface area contributed by atoms with Gasteiger partial charge in [0.25, 0.3) is 5.56 Å². The predicted molar refractivity (Wildman–Crippen MR) is 106 cm³/mol. The van der Waals surface area contributed by atoms with Crippen LogP contribution < -0.4 is 10.3 Å². The molecular formula is C19H19N5O2S. The van der Waals surface area contributed by atoms with E-state index in [0.717, 1.165) is 33.2 Å². The Morgan fingerprint density at radius 3 is 2.74 bits per heavy atom. The summed E-state index contributed by atoms with van der Waals surface area (Å²) in [4.78, 5) is 17.1. The lowest BCUT2D eigenvalue weighted by atomic mass is 10.1. The molecule has 138 valence electrons. The maximum absolute atomic E-state index is 12.5. The largest absolute Gasteiger partial charge is 0.496 e. The molecule has 8 heteroatoms. The number of rotatable bonds is 4. The molecule has 1 aromatic carbocycles. The number of aromatic nitrogens is 5. The third kappa shape index (κ3) is 2.76. The van der Waals surface area contributed by atoms with Crippen molar-refractivity contribution in [3.05, 3.63) is 57.6 Å². The van der Waals surface area contributed by atoms with Gasteiger partial charge < -0.3 is 4.74 Å². The molecule has 0 bridgehead atoms. The van der Waals surface area contributed by atoms with E-state index in [2.05, 4.69) is 15.2 Å². The smallest absolute Gasteiger partial charge is 0.262 e. The summed E-state index contributed by atoms with van der Waals surface area (Å²) in [5.41, 5.74) is 3.69. The van der Waals surface area contributed by atoms with Crippen LogP contribution in [-0.4, -0.2) is 31.3 Å². The van der Waals surface area contributed by atoms with Crippen molar-refractivity contribution in [1.29, 1.82) is 0 Å². The number of methoxy groups -OCH3 is 1. The normalized spacial score (nSPS) is 11.4. The van der Waals surface area contributed by atoms with E-state index in [9.17, 15) is 4.79 Å². The first-order chi connectivity index (χ1) is 13.0. The topological polar surface area (TPSA) is 74.3 Å². The number of para-hydroxylation sites is 1. The van der Waals surface area contributed by atoms with Crippen LogP contribution in [0.25, 0.3) is 16.7 Å². The highest BCUT2D eigenvalue weighted by Gasteiger charge is 2.16. The summed E-state index contributed by atoms with van der Waals surface area (Å²) in [6, 6.07) is 7.50. The highest BCUT2D eigenvalue weighted by Crippen LogP contribution is 2.29. The van der Waals surface area contributed by atoms with Gasteiger partial charge in [-0.05, 0) is 26.0 Å². The summed E-state index contributed by atoms with van der Waals surface area (Å²) in [6.07, 6.45) is 1.82. The summed E-state index contributed by atoms with van der Waals surface area (Å²) in [7, 11) is 3.38. The van der Waals surface area contributed by atoms with Gasteiger partial charge in [0.05, 0.1) is 23.7 Å². The molecule has 0 aliphatic heterocycles. The molecule has 4 rings (SSSR count). The zero-order chi connectivity index (χ0) is 19.1. The van der Waals surface area contributed by atoms with Gasteiger partial charge in [0.15, 0.2) is 5.16 Å². The summed E-state index contributed by atoms with van der Waals surface area (Å²) >= 11 is 1.53. The Morgan fingerprint density at radius 2 is 1.96 bits per heavy atom. The molecule has 0 saturated heterocycles. The Labute approximate surface area is 160 Å². The fourth-order valence-electron chi connectivity index (χ4n) is 3.25. The Hall–Kier alpha value is -2.87. The lowest BCUT2D eigenvalue weighted by Crippen LogP contribution is -2.20. The monoisotopic (exact) mass is 381 g/mol. The third-order valence-electron chi connectivity index (χ3n) is 4.68. The van der Waals surface area contributed by atoms with Crippen molar-refractivity contribution >= 4 is 28.4 Å². The molecular weight excluding hydrogens is 362 g/mol. The van der Waals surface area contributed by atoms with Crippen LogP contribution in [0, 0.1) is 13.8 Å².